The van der Waals surface area contributed by atoms with Crippen LogP contribution in [0.2, 0.25) is 0 Å². The van der Waals surface area contributed by atoms with Crippen LogP contribution < -0.4 is 16.0 Å². The fraction of sp³-hybridized carbons (Fsp3) is 0.733. The number of nitrogens with one attached hydrogen (secondary N) is 1. The zero-order valence-corrected chi connectivity index (χ0v) is 17.8. The summed E-state index contributed by atoms with van der Waals surface area (Å²) in [6, 6.07) is -0.584. The SMILES string of the molecule is CCc1nsc(N2CCN(C(=O)CNC(=O)[C@@H](N)C(C)C)CC2)n1.Cl.Cl. The molecule has 1 fully saturated rings. The molecule has 3 N–H and O–H groups in total. The molecule has 0 aromatic carbocycles. The van der Waals surface area contributed by atoms with Crippen LogP contribution in [-0.2, 0) is 16.0 Å². The van der Waals surface area contributed by atoms with Gasteiger partial charge in [0.25, 0.3) is 0 Å². The standard InChI is InChI=1S/C15H26N6O2S.2ClH/c1-4-11-18-15(24-19-11)21-7-5-20(6-8-21)12(22)9-17-14(23)13(16)10(2)3;;/h10,13H,4-9,16H2,1-3H3,(H,17,23);2*1H/t13-;;/m0../s1. The van der Waals surface area contributed by atoms with E-state index in [1.54, 1.807) is 4.90 Å². The number of halogens is 2. The molecule has 2 rings (SSSR count). The summed E-state index contributed by atoms with van der Waals surface area (Å²) in [5, 5.41) is 3.54. The molecule has 0 saturated carbocycles. The van der Waals surface area contributed by atoms with E-state index in [0.717, 1.165) is 30.5 Å². The van der Waals surface area contributed by atoms with Gasteiger partial charge in [-0.05, 0) is 5.92 Å². The number of aromatic nitrogens is 2. The van der Waals surface area contributed by atoms with Gasteiger partial charge >= 0.3 is 0 Å². The number of rotatable bonds is 6. The highest BCUT2D eigenvalue weighted by molar-refractivity contribution is 7.09. The Morgan fingerprint density at radius 2 is 1.85 bits per heavy atom. The Labute approximate surface area is 170 Å². The van der Waals surface area contributed by atoms with E-state index in [2.05, 4.69) is 19.6 Å². The number of aryl methyl sites for hydroxylation is 1. The number of carbonyl (C=O) groups excluding carboxylic acids is 2. The fourth-order valence-corrected chi connectivity index (χ4v) is 3.16. The number of anilines is 1. The summed E-state index contributed by atoms with van der Waals surface area (Å²) < 4.78 is 4.29. The molecule has 0 spiro atoms. The zero-order valence-electron chi connectivity index (χ0n) is 15.3. The van der Waals surface area contributed by atoms with Crippen LogP contribution in [0.1, 0.15) is 26.6 Å². The van der Waals surface area contributed by atoms with Crippen molar-refractivity contribution in [2.45, 2.75) is 33.2 Å². The Morgan fingerprint density at radius 3 is 2.35 bits per heavy atom. The highest BCUT2D eigenvalue weighted by Gasteiger charge is 2.24. The lowest BCUT2D eigenvalue weighted by atomic mass is 10.1. The number of hydrogen-bond acceptors (Lipinski definition) is 7. The van der Waals surface area contributed by atoms with E-state index in [9.17, 15) is 9.59 Å². The molecule has 26 heavy (non-hydrogen) atoms. The maximum atomic E-state index is 12.2. The minimum Gasteiger partial charge on any atom is -0.346 e. The van der Waals surface area contributed by atoms with E-state index in [4.69, 9.17) is 5.73 Å². The monoisotopic (exact) mass is 426 g/mol. The quantitative estimate of drug-likeness (QED) is 0.693. The molecule has 0 aliphatic carbocycles. The molecule has 150 valence electrons. The molecule has 2 amide bonds. The van der Waals surface area contributed by atoms with Crippen molar-refractivity contribution in [2.24, 2.45) is 11.7 Å². The van der Waals surface area contributed by atoms with Gasteiger partial charge in [-0.2, -0.15) is 4.37 Å². The Kier molecular flexibility index (Phi) is 11.0. The summed E-state index contributed by atoms with van der Waals surface area (Å²) >= 11 is 1.40. The van der Waals surface area contributed by atoms with Gasteiger partial charge in [0.15, 0.2) is 0 Å². The predicted molar refractivity (Wildman–Crippen MR) is 108 cm³/mol. The van der Waals surface area contributed by atoms with Gasteiger partial charge in [0.1, 0.15) is 5.82 Å². The van der Waals surface area contributed by atoms with Crippen molar-refractivity contribution in [2.75, 3.05) is 37.6 Å². The van der Waals surface area contributed by atoms with Gasteiger partial charge in [-0.25, -0.2) is 4.98 Å². The van der Waals surface area contributed by atoms with Gasteiger partial charge in [0, 0.05) is 44.1 Å². The smallest absolute Gasteiger partial charge is 0.242 e. The minimum atomic E-state index is -0.584. The molecule has 1 aliphatic heterocycles. The van der Waals surface area contributed by atoms with E-state index >= 15 is 0 Å². The largest absolute Gasteiger partial charge is 0.346 e. The molecule has 1 aromatic rings. The Morgan fingerprint density at radius 1 is 1.23 bits per heavy atom. The Balaban J connectivity index is 0.00000312. The van der Waals surface area contributed by atoms with Crippen LogP contribution in [0.5, 0.6) is 0 Å². The van der Waals surface area contributed by atoms with E-state index in [0.29, 0.717) is 13.1 Å². The van der Waals surface area contributed by atoms with E-state index in [1.807, 2.05) is 20.8 Å². The summed E-state index contributed by atoms with van der Waals surface area (Å²) in [6.07, 6.45) is 0.827. The molecule has 1 aromatic heterocycles. The average molecular weight is 427 g/mol. The van der Waals surface area contributed by atoms with Gasteiger partial charge in [-0.15, -0.1) is 24.8 Å². The molecule has 1 aliphatic rings. The summed E-state index contributed by atoms with van der Waals surface area (Å²) in [5.74, 6) is 0.546. The Hall–Kier alpha value is -1.16. The van der Waals surface area contributed by atoms with Crippen molar-refractivity contribution in [3.8, 4) is 0 Å². The van der Waals surface area contributed by atoms with Crippen LogP contribution in [0.25, 0.3) is 0 Å². The lowest BCUT2D eigenvalue weighted by molar-refractivity contribution is -0.133. The highest BCUT2D eigenvalue weighted by atomic mass is 35.5. The molecular weight excluding hydrogens is 399 g/mol. The van der Waals surface area contributed by atoms with E-state index in [1.165, 1.54) is 11.5 Å². The maximum absolute atomic E-state index is 12.2. The lowest BCUT2D eigenvalue weighted by Crippen LogP contribution is -2.52. The van der Waals surface area contributed by atoms with Gasteiger partial charge in [-0.1, -0.05) is 20.8 Å². The summed E-state index contributed by atoms with van der Waals surface area (Å²) in [4.78, 5) is 32.4. The number of piperazine rings is 1. The lowest BCUT2D eigenvalue weighted by Gasteiger charge is -2.34. The first-order valence-corrected chi connectivity index (χ1v) is 9.08. The molecule has 1 atom stereocenters. The van der Waals surface area contributed by atoms with Crippen molar-refractivity contribution in [1.29, 1.82) is 0 Å². The van der Waals surface area contributed by atoms with Gasteiger partial charge in [-0.3, -0.25) is 9.59 Å². The third kappa shape index (κ3) is 6.53. The van der Waals surface area contributed by atoms with Crippen molar-refractivity contribution in [1.82, 2.24) is 19.6 Å². The molecule has 1 saturated heterocycles. The van der Waals surface area contributed by atoms with Crippen molar-refractivity contribution in [3.63, 3.8) is 0 Å². The molecular formula is C15H28Cl2N6O2S. The normalized spacial score (nSPS) is 15.1. The van der Waals surface area contributed by atoms with Gasteiger partial charge < -0.3 is 20.9 Å². The Bertz CT molecular complexity index is 578. The molecule has 0 unspecified atom stereocenters. The number of carbonyl (C=O) groups is 2. The van der Waals surface area contributed by atoms with Crippen molar-refractivity contribution < 1.29 is 9.59 Å². The predicted octanol–water partition coefficient (Wildman–Crippen LogP) is 0.692. The van der Waals surface area contributed by atoms with Crippen LogP contribution in [0.15, 0.2) is 0 Å². The van der Waals surface area contributed by atoms with Gasteiger partial charge in [0.2, 0.25) is 16.9 Å². The van der Waals surface area contributed by atoms with E-state index in [-0.39, 0.29) is 49.1 Å². The topological polar surface area (TPSA) is 104 Å². The molecule has 11 heteroatoms. The number of nitrogens with zero attached hydrogens (tertiary/aromatic N) is 4. The van der Waals surface area contributed by atoms with Crippen LogP contribution in [0.3, 0.4) is 0 Å². The van der Waals surface area contributed by atoms with Crippen LogP contribution in [-0.4, -0.2) is 64.8 Å². The molecule has 8 nitrogen and oxygen atoms in total. The third-order valence-corrected chi connectivity index (χ3v) is 4.93. The number of amides is 2. The molecule has 0 radical (unpaired) electrons. The first-order chi connectivity index (χ1) is 11.4. The third-order valence-electron chi connectivity index (χ3n) is 4.11. The summed E-state index contributed by atoms with van der Waals surface area (Å²) in [7, 11) is 0. The second-order valence-corrected chi connectivity index (χ2v) is 6.93. The number of hydrogen-bond donors (Lipinski definition) is 2. The minimum absolute atomic E-state index is 0. The van der Waals surface area contributed by atoms with Crippen LogP contribution in [0.4, 0.5) is 5.13 Å². The van der Waals surface area contributed by atoms with Crippen LogP contribution >= 0.6 is 36.3 Å². The highest BCUT2D eigenvalue weighted by Crippen LogP contribution is 2.19. The molecule has 2 heterocycles. The second kappa shape index (κ2) is 11.5. The summed E-state index contributed by atoms with van der Waals surface area (Å²) in [5.41, 5.74) is 5.77. The van der Waals surface area contributed by atoms with E-state index < -0.39 is 6.04 Å². The van der Waals surface area contributed by atoms with Gasteiger partial charge in [0.05, 0.1) is 12.6 Å². The molecule has 0 bridgehead atoms. The first kappa shape index (κ1) is 24.8. The van der Waals surface area contributed by atoms with Crippen molar-refractivity contribution in [3.05, 3.63) is 5.82 Å². The van der Waals surface area contributed by atoms with Crippen LogP contribution in [0, 0.1) is 5.92 Å². The maximum Gasteiger partial charge on any atom is 0.242 e. The summed E-state index contributed by atoms with van der Waals surface area (Å²) in [6.45, 7) is 8.47. The number of nitrogens with two attached hydrogens (primary N) is 1. The zero-order chi connectivity index (χ0) is 17.7. The first-order valence-electron chi connectivity index (χ1n) is 8.31. The second-order valence-electron chi connectivity index (χ2n) is 6.20. The average Bonchev–Trinajstić information content (AvgIpc) is 3.07. The van der Waals surface area contributed by atoms with Crippen molar-refractivity contribution >= 4 is 53.3 Å². The fourth-order valence-electron chi connectivity index (χ4n) is 2.36.